The van der Waals surface area contributed by atoms with Crippen molar-refractivity contribution in [3.05, 3.63) is 48.5 Å². The smallest absolute Gasteiger partial charge is 0.258 e. The molecule has 0 bridgehead atoms. The number of carbonyl (C=O) groups is 1. The predicted molar refractivity (Wildman–Crippen MR) is 103 cm³/mol. The van der Waals surface area contributed by atoms with Crippen molar-refractivity contribution in [3.63, 3.8) is 0 Å². The molecule has 8 heteroatoms. The first kappa shape index (κ1) is 18.8. The third-order valence-electron chi connectivity index (χ3n) is 3.53. The first-order valence-electron chi connectivity index (χ1n) is 8.31. The molecule has 3 aromatic rings. The third-order valence-corrected chi connectivity index (χ3v) is 4.36. The van der Waals surface area contributed by atoms with Crippen molar-refractivity contribution in [2.24, 2.45) is 0 Å². The highest BCUT2D eigenvalue weighted by Crippen LogP contribution is 2.24. The highest BCUT2D eigenvalue weighted by Gasteiger charge is 2.11. The van der Waals surface area contributed by atoms with Crippen molar-refractivity contribution in [2.45, 2.75) is 12.1 Å². The zero-order valence-corrected chi connectivity index (χ0v) is 15.8. The number of carbonyl (C=O) groups excluding carboxylic acids is 1. The van der Waals surface area contributed by atoms with E-state index in [2.05, 4.69) is 15.5 Å². The Hall–Kier alpha value is -3.00. The number of ether oxygens (including phenoxy) is 2. The molecule has 2 aromatic carbocycles. The van der Waals surface area contributed by atoms with Crippen molar-refractivity contribution < 1.29 is 18.8 Å². The second kappa shape index (κ2) is 9.09. The topological polar surface area (TPSA) is 86.5 Å². The van der Waals surface area contributed by atoms with Gasteiger partial charge in [0.2, 0.25) is 11.1 Å². The fourth-order valence-corrected chi connectivity index (χ4v) is 2.82. The monoisotopic (exact) mass is 385 g/mol. The average molecular weight is 385 g/mol. The third kappa shape index (κ3) is 5.24. The van der Waals surface area contributed by atoms with E-state index in [9.17, 15) is 4.79 Å². The van der Waals surface area contributed by atoms with Crippen molar-refractivity contribution in [1.29, 1.82) is 0 Å². The Morgan fingerprint density at radius 3 is 2.48 bits per heavy atom. The number of thioether (sulfide) groups is 1. The molecule has 0 saturated carbocycles. The molecule has 0 fully saturated rings. The number of amides is 1. The summed E-state index contributed by atoms with van der Waals surface area (Å²) in [6.07, 6.45) is 0. The summed E-state index contributed by atoms with van der Waals surface area (Å²) in [4.78, 5) is 16.4. The summed E-state index contributed by atoms with van der Waals surface area (Å²) in [6, 6.07) is 14.5. The van der Waals surface area contributed by atoms with Crippen LogP contribution in [0.2, 0.25) is 0 Å². The minimum absolute atomic E-state index is 0.153. The lowest BCUT2D eigenvalue weighted by Gasteiger charge is -2.06. The summed E-state index contributed by atoms with van der Waals surface area (Å²) in [5, 5.41) is 7.12. The number of methoxy groups -OCH3 is 1. The molecule has 7 nitrogen and oxygen atoms in total. The standard InChI is InChI=1S/C19H19N3O4S/c1-3-25-16-10-6-14(7-11-16)20-17(23)12-27-19-21-18(26-22-19)13-4-8-15(24-2)9-5-13/h4-11H,3,12H2,1-2H3,(H,20,23). The van der Waals surface area contributed by atoms with Crippen LogP contribution in [0.3, 0.4) is 0 Å². The van der Waals surface area contributed by atoms with E-state index in [1.807, 2.05) is 43.3 Å². The lowest BCUT2D eigenvalue weighted by Crippen LogP contribution is -2.14. The van der Waals surface area contributed by atoms with Gasteiger partial charge in [-0.3, -0.25) is 4.79 Å². The Morgan fingerprint density at radius 2 is 1.81 bits per heavy atom. The van der Waals surface area contributed by atoms with Crippen LogP contribution in [0.5, 0.6) is 11.5 Å². The maximum absolute atomic E-state index is 12.1. The number of hydrogen-bond acceptors (Lipinski definition) is 7. The van der Waals surface area contributed by atoms with Crippen molar-refractivity contribution >= 4 is 23.4 Å². The van der Waals surface area contributed by atoms with Gasteiger partial charge in [0.1, 0.15) is 11.5 Å². The quantitative estimate of drug-likeness (QED) is 0.589. The zero-order valence-electron chi connectivity index (χ0n) is 15.0. The van der Waals surface area contributed by atoms with Gasteiger partial charge in [0.25, 0.3) is 5.89 Å². The molecular formula is C19H19N3O4S. The van der Waals surface area contributed by atoms with Crippen LogP contribution in [0.25, 0.3) is 11.5 Å². The van der Waals surface area contributed by atoms with Crippen LogP contribution in [-0.2, 0) is 4.79 Å². The molecule has 1 aromatic heterocycles. The number of hydrogen-bond donors (Lipinski definition) is 1. The van der Waals surface area contributed by atoms with E-state index in [1.54, 1.807) is 19.2 Å². The van der Waals surface area contributed by atoms with E-state index in [4.69, 9.17) is 14.0 Å². The first-order valence-corrected chi connectivity index (χ1v) is 9.30. The SMILES string of the molecule is CCOc1ccc(NC(=O)CSc2noc(-c3ccc(OC)cc3)n2)cc1. The van der Waals surface area contributed by atoms with Gasteiger partial charge in [-0.1, -0.05) is 11.8 Å². The van der Waals surface area contributed by atoms with Gasteiger partial charge in [0.15, 0.2) is 0 Å². The zero-order chi connectivity index (χ0) is 19.1. The van der Waals surface area contributed by atoms with Gasteiger partial charge in [-0.25, -0.2) is 0 Å². The summed E-state index contributed by atoms with van der Waals surface area (Å²) >= 11 is 1.20. The summed E-state index contributed by atoms with van der Waals surface area (Å²) in [5.74, 6) is 1.93. The van der Waals surface area contributed by atoms with Gasteiger partial charge in [0.05, 0.1) is 19.5 Å². The first-order chi connectivity index (χ1) is 13.2. The van der Waals surface area contributed by atoms with Gasteiger partial charge in [0, 0.05) is 11.3 Å². The summed E-state index contributed by atoms with van der Waals surface area (Å²) < 4.78 is 15.7. The largest absolute Gasteiger partial charge is 0.497 e. The molecule has 27 heavy (non-hydrogen) atoms. The fourth-order valence-electron chi connectivity index (χ4n) is 2.25. The molecule has 0 atom stereocenters. The Labute approximate surface area is 161 Å². The van der Waals surface area contributed by atoms with Crippen molar-refractivity contribution in [1.82, 2.24) is 10.1 Å². The molecule has 0 saturated heterocycles. The Balaban J connectivity index is 1.52. The van der Waals surface area contributed by atoms with Crippen LogP contribution in [-0.4, -0.2) is 35.5 Å². The van der Waals surface area contributed by atoms with E-state index in [0.29, 0.717) is 23.3 Å². The maximum Gasteiger partial charge on any atom is 0.258 e. The fraction of sp³-hybridized carbons (Fsp3) is 0.211. The Bertz CT molecular complexity index is 879. The number of rotatable bonds is 8. The number of benzene rings is 2. The summed E-state index contributed by atoms with van der Waals surface area (Å²) in [7, 11) is 1.61. The molecule has 1 amide bonds. The van der Waals surface area contributed by atoms with Crippen molar-refractivity contribution in [2.75, 3.05) is 24.8 Å². The van der Waals surface area contributed by atoms with Crippen LogP contribution in [0.15, 0.2) is 58.2 Å². The molecular weight excluding hydrogens is 366 g/mol. The minimum atomic E-state index is -0.153. The molecule has 0 aliphatic rings. The van der Waals surface area contributed by atoms with E-state index >= 15 is 0 Å². The van der Waals surface area contributed by atoms with Gasteiger partial charge >= 0.3 is 0 Å². The second-order valence-electron chi connectivity index (χ2n) is 5.40. The van der Waals surface area contributed by atoms with E-state index in [-0.39, 0.29) is 11.7 Å². The minimum Gasteiger partial charge on any atom is -0.497 e. The van der Waals surface area contributed by atoms with E-state index in [0.717, 1.165) is 17.1 Å². The molecule has 0 aliphatic carbocycles. The van der Waals surface area contributed by atoms with Crippen LogP contribution < -0.4 is 14.8 Å². The van der Waals surface area contributed by atoms with Gasteiger partial charge in [-0.2, -0.15) is 4.98 Å². The van der Waals surface area contributed by atoms with E-state index < -0.39 is 0 Å². The Kier molecular flexibility index (Phi) is 6.32. The molecule has 0 aliphatic heterocycles. The number of anilines is 1. The van der Waals surface area contributed by atoms with Crippen LogP contribution >= 0.6 is 11.8 Å². The number of aromatic nitrogens is 2. The van der Waals surface area contributed by atoms with E-state index in [1.165, 1.54) is 11.8 Å². The number of nitrogens with zero attached hydrogens (tertiary/aromatic N) is 2. The van der Waals surface area contributed by atoms with Crippen LogP contribution in [0.4, 0.5) is 5.69 Å². The highest BCUT2D eigenvalue weighted by molar-refractivity contribution is 7.99. The lowest BCUT2D eigenvalue weighted by atomic mass is 10.2. The normalized spacial score (nSPS) is 10.4. The summed E-state index contributed by atoms with van der Waals surface area (Å²) in [5.41, 5.74) is 1.49. The Morgan fingerprint density at radius 1 is 1.11 bits per heavy atom. The van der Waals surface area contributed by atoms with Gasteiger partial charge < -0.3 is 19.3 Å². The van der Waals surface area contributed by atoms with Crippen LogP contribution in [0.1, 0.15) is 6.92 Å². The van der Waals surface area contributed by atoms with Gasteiger partial charge in [-0.15, -0.1) is 0 Å². The molecule has 0 spiro atoms. The molecule has 0 radical (unpaired) electrons. The summed E-state index contributed by atoms with van der Waals surface area (Å²) in [6.45, 7) is 2.52. The average Bonchev–Trinajstić information content (AvgIpc) is 3.17. The maximum atomic E-state index is 12.1. The predicted octanol–water partition coefficient (Wildman–Crippen LogP) is 3.87. The molecule has 3 rings (SSSR count). The molecule has 1 N–H and O–H groups in total. The van der Waals surface area contributed by atoms with Crippen LogP contribution in [0, 0.1) is 0 Å². The second-order valence-corrected chi connectivity index (χ2v) is 6.35. The van der Waals surface area contributed by atoms with Gasteiger partial charge in [-0.05, 0) is 60.6 Å². The molecule has 0 unspecified atom stereocenters. The molecule has 140 valence electrons. The number of nitrogens with one attached hydrogen (secondary N) is 1. The molecule has 1 heterocycles. The lowest BCUT2D eigenvalue weighted by molar-refractivity contribution is -0.113. The van der Waals surface area contributed by atoms with Crippen molar-refractivity contribution in [3.8, 4) is 23.0 Å². The highest BCUT2D eigenvalue weighted by atomic mass is 32.2.